The molecule has 0 spiro atoms. The van der Waals surface area contributed by atoms with E-state index in [9.17, 15) is 9.90 Å². The van der Waals surface area contributed by atoms with Crippen LogP contribution in [0.1, 0.15) is 18.4 Å². The zero-order chi connectivity index (χ0) is 12.9. The Morgan fingerprint density at radius 3 is 2.44 bits per heavy atom. The minimum absolute atomic E-state index is 0.0654. The first-order valence-electron chi connectivity index (χ1n) is 5.98. The normalized spacial score (nSPS) is 26.9. The maximum absolute atomic E-state index is 12.2. The van der Waals surface area contributed by atoms with E-state index < -0.39 is 0 Å². The summed E-state index contributed by atoms with van der Waals surface area (Å²) in [4.78, 5) is 12.2. The molecular formula is C15H13BrO2. The number of phenolic OH excluding ortho intramolecular Hbond substituents is 1. The second-order valence-corrected chi connectivity index (χ2v) is 5.80. The van der Waals surface area contributed by atoms with E-state index in [0.717, 1.165) is 29.6 Å². The summed E-state index contributed by atoms with van der Waals surface area (Å²) in [7, 11) is 0. The predicted octanol–water partition coefficient (Wildman–Crippen LogP) is 3.66. The Kier molecular flexibility index (Phi) is 2.67. The van der Waals surface area contributed by atoms with Crippen LogP contribution in [0.4, 0.5) is 0 Å². The molecule has 1 aromatic rings. The molecule has 2 atom stereocenters. The molecule has 3 rings (SSSR count). The van der Waals surface area contributed by atoms with Gasteiger partial charge in [-0.15, -0.1) is 0 Å². The average molecular weight is 305 g/mol. The highest BCUT2D eigenvalue weighted by molar-refractivity contribution is 9.12. The lowest BCUT2D eigenvalue weighted by Crippen LogP contribution is -2.10. The Morgan fingerprint density at radius 1 is 1.17 bits per heavy atom. The van der Waals surface area contributed by atoms with Gasteiger partial charge >= 0.3 is 0 Å². The fourth-order valence-electron chi connectivity index (χ4n) is 3.01. The number of benzene rings is 1. The van der Waals surface area contributed by atoms with Crippen LogP contribution in [0.15, 0.2) is 40.9 Å². The van der Waals surface area contributed by atoms with Crippen LogP contribution in [0.3, 0.4) is 0 Å². The van der Waals surface area contributed by atoms with E-state index in [2.05, 4.69) is 22.5 Å². The molecule has 2 nitrogen and oxygen atoms in total. The van der Waals surface area contributed by atoms with E-state index >= 15 is 0 Å². The molecule has 18 heavy (non-hydrogen) atoms. The van der Waals surface area contributed by atoms with Gasteiger partial charge in [-0.1, -0.05) is 24.3 Å². The molecule has 0 amide bonds. The molecule has 0 heterocycles. The number of carbonyl (C=O) groups excluding carboxylic acids is 1. The van der Waals surface area contributed by atoms with E-state index in [4.69, 9.17) is 0 Å². The van der Waals surface area contributed by atoms with Gasteiger partial charge < -0.3 is 5.11 Å². The van der Waals surface area contributed by atoms with E-state index in [1.165, 1.54) is 0 Å². The first-order valence-corrected chi connectivity index (χ1v) is 6.77. The van der Waals surface area contributed by atoms with Crippen molar-refractivity contribution in [3.05, 3.63) is 46.5 Å². The zero-order valence-electron chi connectivity index (χ0n) is 9.82. The number of Topliss-reactive ketones (excluding diaryl/α,β-unsaturated/α-hetero) is 1. The van der Waals surface area contributed by atoms with Crippen LogP contribution in [0.5, 0.6) is 5.75 Å². The lowest BCUT2D eigenvalue weighted by molar-refractivity contribution is -0.118. The van der Waals surface area contributed by atoms with Crippen LogP contribution in [0.2, 0.25) is 0 Å². The van der Waals surface area contributed by atoms with Crippen LogP contribution >= 0.6 is 15.9 Å². The summed E-state index contributed by atoms with van der Waals surface area (Å²) in [6.07, 6.45) is 1.70. The second kappa shape index (κ2) is 4.09. The van der Waals surface area contributed by atoms with Crippen LogP contribution in [0.25, 0.3) is 5.57 Å². The SMILES string of the molecule is C=C1CC2C(=O)C(Br)=C(c3ccc(O)cc3)C2C1. The van der Waals surface area contributed by atoms with Gasteiger partial charge in [0.05, 0.1) is 4.48 Å². The van der Waals surface area contributed by atoms with Gasteiger partial charge in [0.15, 0.2) is 5.78 Å². The van der Waals surface area contributed by atoms with Crippen molar-refractivity contribution in [2.45, 2.75) is 12.8 Å². The number of rotatable bonds is 1. The molecule has 0 saturated heterocycles. The molecule has 2 aliphatic rings. The maximum atomic E-state index is 12.2. The molecule has 0 aromatic heterocycles. The summed E-state index contributed by atoms with van der Waals surface area (Å²) >= 11 is 3.44. The average Bonchev–Trinajstić information content (AvgIpc) is 2.81. The smallest absolute Gasteiger partial charge is 0.174 e. The number of allylic oxidation sites excluding steroid dienone is 3. The minimum Gasteiger partial charge on any atom is -0.508 e. The van der Waals surface area contributed by atoms with Crippen molar-refractivity contribution in [3.8, 4) is 5.75 Å². The fraction of sp³-hybridized carbons (Fsp3) is 0.267. The van der Waals surface area contributed by atoms with Crippen molar-refractivity contribution in [2.75, 3.05) is 0 Å². The van der Waals surface area contributed by atoms with Crippen LogP contribution in [-0.2, 0) is 4.79 Å². The van der Waals surface area contributed by atoms with E-state index in [-0.39, 0.29) is 23.4 Å². The number of carbonyl (C=O) groups is 1. The quantitative estimate of drug-likeness (QED) is 0.804. The highest BCUT2D eigenvalue weighted by Gasteiger charge is 2.45. The summed E-state index contributed by atoms with van der Waals surface area (Å²) in [5.41, 5.74) is 3.24. The molecule has 1 saturated carbocycles. The number of hydrogen-bond acceptors (Lipinski definition) is 2. The number of halogens is 1. The molecule has 2 unspecified atom stereocenters. The summed E-state index contributed by atoms with van der Waals surface area (Å²) in [5, 5.41) is 9.34. The standard InChI is InChI=1S/C15H13BrO2/c1-8-6-11-12(7-8)15(18)14(16)13(11)9-2-4-10(17)5-3-9/h2-5,11-12,17H,1,6-7H2. The van der Waals surface area contributed by atoms with Crippen LogP contribution < -0.4 is 0 Å². The molecule has 0 aliphatic heterocycles. The summed E-state index contributed by atoms with van der Waals surface area (Å²) in [6, 6.07) is 7.04. The van der Waals surface area contributed by atoms with Gasteiger partial charge in [0.2, 0.25) is 0 Å². The molecule has 2 aliphatic carbocycles. The first kappa shape index (κ1) is 11.7. The Bertz CT molecular complexity index is 569. The number of ketones is 1. The molecule has 0 bridgehead atoms. The largest absolute Gasteiger partial charge is 0.508 e. The summed E-state index contributed by atoms with van der Waals surface area (Å²) in [5.74, 6) is 0.758. The lowest BCUT2D eigenvalue weighted by Gasteiger charge is -2.13. The van der Waals surface area contributed by atoms with Crippen LogP contribution in [-0.4, -0.2) is 10.9 Å². The molecular weight excluding hydrogens is 292 g/mol. The third-order valence-corrected chi connectivity index (χ3v) is 4.66. The monoisotopic (exact) mass is 304 g/mol. The van der Waals surface area contributed by atoms with Crippen LogP contribution in [0, 0.1) is 11.8 Å². The number of phenols is 1. The van der Waals surface area contributed by atoms with Gasteiger partial charge in [-0.3, -0.25) is 4.79 Å². The Labute approximate surface area is 114 Å². The Hall–Kier alpha value is -1.35. The molecule has 92 valence electrons. The van der Waals surface area contributed by atoms with E-state index in [1.807, 2.05) is 12.1 Å². The van der Waals surface area contributed by atoms with Crippen molar-refractivity contribution in [2.24, 2.45) is 11.8 Å². The lowest BCUT2D eigenvalue weighted by atomic mass is 9.90. The molecule has 0 radical (unpaired) electrons. The Balaban J connectivity index is 2.07. The molecule has 1 fully saturated rings. The van der Waals surface area contributed by atoms with E-state index in [1.54, 1.807) is 12.1 Å². The molecule has 1 N–H and O–H groups in total. The molecule has 1 aromatic carbocycles. The van der Waals surface area contributed by atoms with Gasteiger partial charge in [0.25, 0.3) is 0 Å². The molecule has 3 heteroatoms. The summed E-state index contributed by atoms with van der Waals surface area (Å²) < 4.78 is 0.704. The minimum atomic E-state index is 0.0654. The highest BCUT2D eigenvalue weighted by atomic mass is 79.9. The van der Waals surface area contributed by atoms with Gasteiger partial charge in [0, 0.05) is 5.92 Å². The third kappa shape index (κ3) is 1.65. The second-order valence-electron chi connectivity index (χ2n) is 5.01. The fourth-order valence-corrected chi connectivity index (χ4v) is 3.83. The van der Waals surface area contributed by atoms with Crippen molar-refractivity contribution in [3.63, 3.8) is 0 Å². The van der Waals surface area contributed by atoms with Crippen molar-refractivity contribution in [1.29, 1.82) is 0 Å². The zero-order valence-corrected chi connectivity index (χ0v) is 11.4. The summed E-state index contributed by atoms with van der Waals surface area (Å²) in [6.45, 7) is 4.01. The third-order valence-electron chi connectivity index (χ3n) is 3.84. The number of hydrogen-bond donors (Lipinski definition) is 1. The van der Waals surface area contributed by atoms with Gasteiger partial charge in [-0.2, -0.15) is 0 Å². The van der Waals surface area contributed by atoms with Gasteiger partial charge in [-0.05, 0) is 58.0 Å². The predicted molar refractivity (Wildman–Crippen MR) is 74.3 cm³/mol. The van der Waals surface area contributed by atoms with Crippen molar-refractivity contribution < 1.29 is 9.90 Å². The number of aromatic hydroxyl groups is 1. The topological polar surface area (TPSA) is 37.3 Å². The number of fused-ring (bicyclic) bond motifs is 1. The van der Waals surface area contributed by atoms with E-state index in [0.29, 0.717) is 4.48 Å². The van der Waals surface area contributed by atoms with Crippen molar-refractivity contribution >= 4 is 27.3 Å². The highest BCUT2D eigenvalue weighted by Crippen LogP contribution is 2.52. The maximum Gasteiger partial charge on any atom is 0.174 e. The Morgan fingerprint density at radius 2 is 1.78 bits per heavy atom. The van der Waals surface area contributed by atoms with Gasteiger partial charge in [0.1, 0.15) is 5.75 Å². The van der Waals surface area contributed by atoms with Crippen molar-refractivity contribution in [1.82, 2.24) is 0 Å². The first-order chi connectivity index (χ1) is 8.58. The van der Waals surface area contributed by atoms with Gasteiger partial charge in [-0.25, -0.2) is 0 Å².